The van der Waals surface area contributed by atoms with Crippen LogP contribution in [0.3, 0.4) is 0 Å². The quantitative estimate of drug-likeness (QED) is 0.840. The van der Waals surface area contributed by atoms with E-state index in [0.717, 1.165) is 22.7 Å². The second-order valence-electron chi connectivity index (χ2n) is 7.29. The van der Waals surface area contributed by atoms with Gasteiger partial charge in [0.1, 0.15) is 11.4 Å². The van der Waals surface area contributed by atoms with E-state index in [9.17, 15) is 4.79 Å². The van der Waals surface area contributed by atoms with Crippen molar-refractivity contribution in [1.29, 1.82) is 0 Å². The zero-order valence-electron chi connectivity index (χ0n) is 15.2. The van der Waals surface area contributed by atoms with E-state index < -0.39 is 0 Å². The fourth-order valence-electron chi connectivity index (χ4n) is 3.08. The van der Waals surface area contributed by atoms with Crippen LogP contribution in [-0.4, -0.2) is 24.6 Å². The van der Waals surface area contributed by atoms with E-state index in [2.05, 4.69) is 12.2 Å². The first-order chi connectivity index (χ1) is 11.7. The smallest absolute Gasteiger partial charge is 0.243 e. The van der Waals surface area contributed by atoms with Gasteiger partial charge < -0.3 is 20.7 Å². The number of nitrogen functional groups attached to an aromatic ring is 1. The average Bonchev–Trinajstić information content (AvgIpc) is 2.49. The molecule has 1 aliphatic heterocycles. The van der Waals surface area contributed by atoms with E-state index >= 15 is 0 Å². The average molecular weight is 339 g/mol. The highest BCUT2D eigenvalue weighted by Crippen LogP contribution is 2.38. The Hall–Kier alpha value is -2.69. The topological polar surface area (TPSA) is 67.6 Å². The molecule has 1 heterocycles. The summed E-state index contributed by atoms with van der Waals surface area (Å²) >= 11 is 0. The van der Waals surface area contributed by atoms with Gasteiger partial charge in [-0.2, -0.15) is 0 Å². The molecule has 0 spiro atoms. The minimum Gasteiger partial charge on any atom is -0.484 e. The van der Waals surface area contributed by atoms with E-state index in [1.54, 1.807) is 0 Å². The molecule has 0 saturated heterocycles. The number of hydrogen-bond donors (Lipinski definition) is 2. The molecule has 0 aromatic heterocycles. The van der Waals surface area contributed by atoms with E-state index in [1.807, 2.05) is 62.1 Å². The number of carbonyl (C=O) groups is 1. The van der Waals surface area contributed by atoms with Gasteiger partial charge >= 0.3 is 0 Å². The number of ether oxygens (including phenoxy) is 1. The number of anilines is 3. The number of aryl methyl sites for hydroxylation is 2. The second kappa shape index (κ2) is 6.31. The SMILES string of the molecule is Cc1ccc(NC(=O)CN2CC(C)(C)Oc3cc(N)ccc32)cc1C. The molecule has 1 aliphatic rings. The summed E-state index contributed by atoms with van der Waals surface area (Å²) in [6, 6.07) is 11.5. The minimum absolute atomic E-state index is 0.0521. The number of nitrogens with one attached hydrogen (secondary N) is 1. The second-order valence-corrected chi connectivity index (χ2v) is 7.29. The van der Waals surface area contributed by atoms with Crippen molar-refractivity contribution in [1.82, 2.24) is 0 Å². The summed E-state index contributed by atoms with van der Waals surface area (Å²) in [7, 11) is 0. The van der Waals surface area contributed by atoms with Gasteiger partial charge in [-0.1, -0.05) is 6.07 Å². The van der Waals surface area contributed by atoms with Crippen molar-refractivity contribution in [2.24, 2.45) is 0 Å². The van der Waals surface area contributed by atoms with Crippen LogP contribution in [0, 0.1) is 13.8 Å². The largest absolute Gasteiger partial charge is 0.484 e. The lowest BCUT2D eigenvalue weighted by atomic mass is 10.0. The van der Waals surface area contributed by atoms with Gasteiger partial charge in [0.05, 0.1) is 18.8 Å². The van der Waals surface area contributed by atoms with Crippen LogP contribution in [0.15, 0.2) is 36.4 Å². The number of nitrogens with zero attached hydrogens (tertiary/aromatic N) is 1. The monoisotopic (exact) mass is 339 g/mol. The Kier molecular flexibility index (Phi) is 4.33. The number of carbonyl (C=O) groups excluding carboxylic acids is 1. The molecule has 0 saturated carbocycles. The molecule has 0 bridgehead atoms. The van der Waals surface area contributed by atoms with E-state index in [0.29, 0.717) is 12.2 Å². The lowest BCUT2D eigenvalue weighted by Crippen LogP contribution is -2.49. The lowest BCUT2D eigenvalue weighted by molar-refractivity contribution is -0.115. The van der Waals surface area contributed by atoms with Crippen LogP contribution in [0.25, 0.3) is 0 Å². The van der Waals surface area contributed by atoms with Crippen molar-refractivity contribution < 1.29 is 9.53 Å². The van der Waals surface area contributed by atoms with E-state index in [4.69, 9.17) is 10.5 Å². The van der Waals surface area contributed by atoms with Gasteiger partial charge in [-0.3, -0.25) is 4.79 Å². The normalized spacial score (nSPS) is 15.3. The lowest BCUT2D eigenvalue weighted by Gasteiger charge is -2.40. The van der Waals surface area contributed by atoms with Crippen molar-refractivity contribution in [3.8, 4) is 5.75 Å². The van der Waals surface area contributed by atoms with Crippen molar-refractivity contribution in [3.63, 3.8) is 0 Å². The highest BCUT2D eigenvalue weighted by molar-refractivity contribution is 5.94. The molecule has 5 heteroatoms. The molecule has 0 aliphatic carbocycles. The molecule has 2 aromatic carbocycles. The molecule has 0 fully saturated rings. The predicted molar refractivity (Wildman–Crippen MR) is 102 cm³/mol. The van der Waals surface area contributed by atoms with Crippen molar-refractivity contribution in [3.05, 3.63) is 47.5 Å². The molecule has 132 valence electrons. The summed E-state index contributed by atoms with van der Waals surface area (Å²) in [6.07, 6.45) is 0. The first-order valence-corrected chi connectivity index (χ1v) is 8.44. The Balaban J connectivity index is 1.77. The Morgan fingerprint density at radius 3 is 2.68 bits per heavy atom. The van der Waals surface area contributed by atoms with Gasteiger partial charge in [0, 0.05) is 17.4 Å². The zero-order chi connectivity index (χ0) is 18.2. The fraction of sp³-hybridized carbons (Fsp3) is 0.350. The highest BCUT2D eigenvalue weighted by Gasteiger charge is 2.32. The molecular weight excluding hydrogens is 314 g/mol. The minimum atomic E-state index is -0.387. The maximum atomic E-state index is 12.5. The van der Waals surface area contributed by atoms with Gasteiger partial charge in [0.15, 0.2) is 0 Å². The Bertz CT molecular complexity index is 815. The molecule has 3 rings (SSSR count). The molecule has 1 amide bonds. The van der Waals surface area contributed by atoms with E-state index in [1.165, 1.54) is 5.56 Å². The maximum absolute atomic E-state index is 12.5. The zero-order valence-corrected chi connectivity index (χ0v) is 15.2. The molecule has 0 unspecified atom stereocenters. The number of hydrogen-bond acceptors (Lipinski definition) is 4. The summed E-state index contributed by atoms with van der Waals surface area (Å²) in [4.78, 5) is 14.6. The predicted octanol–water partition coefficient (Wildman–Crippen LogP) is 3.50. The molecular formula is C20H25N3O2. The molecule has 25 heavy (non-hydrogen) atoms. The van der Waals surface area contributed by atoms with Crippen LogP contribution < -0.4 is 20.7 Å². The third kappa shape index (κ3) is 3.87. The van der Waals surface area contributed by atoms with Crippen LogP contribution in [0.5, 0.6) is 5.75 Å². The maximum Gasteiger partial charge on any atom is 0.243 e. The van der Waals surface area contributed by atoms with Crippen LogP contribution in [0.2, 0.25) is 0 Å². The van der Waals surface area contributed by atoms with Crippen molar-refractivity contribution in [2.75, 3.05) is 29.0 Å². The summed E-state index contributed by atoms with van der Waals surface area (Å²) < 4.78 is 6.01. The number of amides is 1. The van der Waals surface area contributed by atoms with Crippen LogP contribution in [0.1, 0.15) is 25.0 Å². The number of rotatable bonds is 3. The summed E-state index contributed by atoms with van der Waals surface area (Å²) in [6.45, 7) is 9.00. The Morgan fingerprint density at radius 2 is 1.96 bits per heavy atom. The van der Waals surface area contributed by atoms with Gasteiger partial charge in [0.2, 0.25) is 5.91 Å². The van der Waals surface area contributed by atoms with Crippen molar-refractivity contribution >= 4 is 23.0 Å². The number of fused-ring (bicyclic) bond motifs is 1. The molecule has 0 radical (unpaired) electrons. The first kappa shape index (κ1) is 17.1. The van der Waals surface area contributed by atoms with Crippen LogP contribution in [-0.2, 0) is 4.79 Å². The van der Waals surface area contributed by atoms with Crippen LogP contribution in [0.4, 0.5) is 17.1 Å². The Labute approximate surface area is 148 Å². The summed E-state index contributed by atoms with van der Waals surface area (Å²) in [5.74, 6) is 0.666. The Morgan fingerprint density at radius 1 is 1.20 bits per heavy atom. The highest BCUT2D eigenvalue weighted by atomic mass is 16.5. The standard InChI is InChI=1S/C20H25N3O2/c1-13-5-7-16(9-14(13)2)22-19(24)11-23-12-20(3,4)25-18-10-15(21)6-8-17(18)23/h5-10H,11-12,21H2,1-4H3,(H,22,24). The third-order valence-corrected chi connectivity index (χ3v) is 4.41. The fourth-order valence-corrected chi connectivity index (χ4v) is 3.08. The molecule has 0 atom stereocenters. The summed E-state index contributed by atoms with van der Waals surface area (Å²) in [5.41, 5.74) is 10.2. The molecule has 3 N–H and O–H groups in total. The first-order valence-electron chi connectivity index (χ1n) is 8.44. The van der Waals surface area contributed by atoms with Crippen molar-refractivity contribution in [2.45, 2.75) is 33.3 Å². The third-order valence-electron chi connectivity index (χ3n) is 4.41. The van der Waals surface area contributed by atoms with E-state index in [-0.39, 0.29) is 18.1 Å². The molecule has 2 aromatic rings. The van der Waals surface area contributed by atoms with Gasteiger partial charge in [-0.25, -0.2) is 0 Å². The van der Waals surface area contributed by atoms with Gasteiger partial charge in [0.25, 0.3) is 0 Å². The molecule has 5 nitrogen and oxygen atoms in total. The van der Waals surface area contributed by atoms with Crippen LogP contribution >= 0.6 is 0 Å². The van der Waals surface area contributed by atoms with Gasteiger partial charge in [-0.15, -0.1) is 0 Å². The number of benzene rings is 2. The van der Waals surface area contributed by atoms with Gasteiger partial charge in [-0.05, 0) is 63.1 Å². The number of nitrogens with two attached hydrogens (primary N) is 1. The summed E-state index contributed by atoms with van der Waals surface area (Å²) in [5, 5.41) is 2.98.